The lowest BCUT2D eigenvalue weighted by Gasteiger charge is -2.14. The Labute approximate surface area is 137 Å². The van der Waals surface area contributed by atoms with Gasteiger partial charge in [0.05, 0.1) is 10.5 Å². The molecule has 2 rings (SSSR count). The van der Waals surface area contributed by atoms with Gasteiger partial charge in [-0.15, -0.1) is 0 Å². The van der Waals surface area contributed by atoms with Crippen LogP contribution in [0.25, 0.3) is 0 Å². The molecule has 0 aromatic carbocycles. The topological polar surface area (TPSA) is 104 Å². The minimum absolute atomic E-state index is 0.0442. The first-order valence-corrected chi connectivity index (χ1v) is 7.80. The molecule has 1 fully saturated rings. The van der Waals surface area contributed by atoms with Crippen LogP contribution in [0.4, 0.5) is 4.79 Å². The predicted octanol–water partition coefficient (Wildman–Crippen LogP) is 1.78. The number of amides is 3. The number of nitrogens with one attached hydrogen (secondary N) is 1. The Morgan fingerprint density at radius 1 is 1.35 bits per heavy atom. The smallest absolute Gasteiger partial charge is 0.323 e. The second-order valence-electron chi connectivity index (χ2n) is 5.00. The van der Waals surface area contributed by atoms with Crippen LogP contribution < -0.4 is 5.32 Å². The van der Waals surface area contributed by atoms with Crippen LogP contribution in [-0.2, 0) is 14.4 Å². The monoisotopic (exact) mass is 336 g/mol. The lowest BCUT2D eigenvalue weighted by molar-refractivity contribution is -0.141. The molecule has 8 heteroatoms. The molecule has 2 heterocycles. The number of imide groups is 1. The zero-order chi connectivity index (χ0) is 17.1. The second-order valence-corrected chi connectivity index (χ2v) is 5.99. The summed E-state index contributed by atoms with van der Waals surface area (Å²) in [5.74, 6) is -2.30. The Morgan fingerprint density at radius 2 is 2.04 bits per heavy atom. The van der Waals surface area contributed by atoms with Gasteiger partial charge in [-0.3, -0.25) is 24.5 Å². The lowest BCUT2D eigenvalue weighted by atomic mass is 10.0. The van der Waals surface area contributed by atoms with E-state index in [4.69, 9.17) is 5.11 Å². The lowest BCUT2D eigenvalue weighted by Crippen LogP contribution is -2.31. The normalized spacial score (nSPS) is 21.8. The first kappa shape index (κ1) is 17.0. The van der Waals surface area contributed by atoms with Gasteiger partial charge in [0.1, 0.15) is 6.54 Å². The standard InChI is InChI=1S/C15H16N2O5S/c1-3-4-5-6-9-8(2)17(7-10(18)19)14(21)11(9)12-13(20)16-15(22)23-12/h3-4H,5-7H2,1-2H3,(H,18,19)(H,16,20,22)/b4-3-,12-11-. The highest BCUT2D eigenvalue weighted by molar-refractivity contribution is 8.18. The minimum Gasteiger partial charge on any atom is -0.480 e. The van der Waals surface area contributed by atoms with Crippen LogP contribution in [0.1, 0.15) is 26.7 Å². The van der Waals surface area contributed by atoms with E-state index >= 15 is 0 Å². The van der Waals surface area contributed by atoms with Gasteiger partial charge in [-0.25, -0.2) is 0 Å². The van der Waals surface area contributed by atoms with Crippen LogP contribution >= 0.6 is 11.8 Å². The molecule has 122 valence electrons. The summed E-state index contributed by atoms with van der Waals surface area (Å²) in [6, 6.07) is 0. The van der Waals surface area contributed by atoms with Crippen molar-refractivity contribution in [3.05, 3.63) is 33.9 Å². The Kier molecular flexibility index (Phi) is 5.05. The summed E-state index contributed by atoms with van der Waals surface area (Å²) >= 11 is 0.674. The average Bonchev–Trinajstić information content (AvgIpc) is 2.90. The Balaban J connectivity index is 2.48. The van der Waals surface area contributed by atoms with Crippen molar-refractivity contribution in [2.24, 2.45) is 0 Å². The maximum atomic E-state index is 12.6. The van der Waals surface area contributed by atoms with Crippen molar-refractivity contribution in [1.82, 2.24) is 10.2 Å². The number of hydrogen-bond donors (Lipinski definition) is 2. The number of nitrogens with zero attached hydrogens (tertiary/aromatic N) is 1. The van der Waals surface area contributed by atoms with E-state index in [0.29, 0.717) is 35.9 Å². The zero-order valence-corrected chi connectivity index (χ0v) is 13.5. The van der Waals surface area contributed by atoms with Crippen LogP contribution in [-0.4, -0.2) is 39.6 Å². The number of carboxylic acid groups (broad SMARTS) is 1. The molecule has 0 aromatic rings. The molecule has 2 aliphatic heterocycles. The number of carbonyl (C=O) groups excluding carboxylic acids is 3. The molecule has 0 bridgehead atoms. The van der Waals surface area contributed by atoms with Gasteiger partial charge < -0.3 is 10.0 Å². The largest absolute Gasteiger partial charge is 0.480 e. The van der Waals surface area contributed by atoms with Crippen LogP contribution in [0.5, 0.6) is 0 Å². The molecule has 2 N–H and O–H groups in total. The van der Waals surface area contributed by atoms with Crippen molar-refractivity contribution in [2.45, 2.75) is 26.7 Å². The van der Waals surface area contributed by atoms with Crippen molar-refractivity contribution in [2.75, 3.05) is 6.54 Å². The van der Waals surface area contributed by atoms with Crippen LogP contribution in [0.15, 0.2) is 33.9 Å². The summed E-state index contributed by atoms with van der Waals surface area (Å²) in [6.45, 7) is 3.05. The van der Waals surface area contributed by atoms with Crippen molar-refractivity contribution >= 4 is 34.8 Å². The molecule has 7 nitrogen and oxygen atoms in total. The maximum absolute atomic E-state index is 12.6. The number of carbonyl (C=O) groups is 4. The van der Waals surface area contributed by atoms with Crippen molar-refractivity contribution in [1.29, 1.82) is 0 Å². The number of thioether (sulfide) groups is 1. The highest BCUT2D eigenvalue weighted by atomic mass is 32.2. The fraction of sp³-hybridized carbons (Fsp3) is 0.333. The van der Waals surface area contributed by atoms with Gasteiger partial charge in [0, 0.05) is 5.70 Å². The first-order chi connectivity index (χ1) is 10.9. The van der Waals surface area contributed by atoms with Crippen molar-refractivity contribution < 1.29 is 24.3 Å². The summed E-state index contributed by atoms with van der Waals surface area (Å²) in [7, 11) is 0. The highest BCUT2D eigenvalue weighted by Gasteiger charge is 2.40. The molecule has 0 aromatic heterocycles. The van der Waals surface area contributed by atoms with Gasteiger partial charge in [-0.1, -0.05) is 12.2 Å². The summed E-state index contributed by atoms with van der Waals surface area (Å²) in [5.41, 5.74) is 1.26. The van der Waals surface area contributed by atoms with Gasteiger partial charge in [0.15, 0.2) is 0 Å². The zero-order valence-electron chi connectivity index (χ0n) is 12.7. The summed E-state index contributed by atoms with van der Waals surface area (Å²) in [6.07, 6.45) is 4.92. The minimum atomic E-state index is -1.14. The van der Waals surface area contributed by atoms with E-state index in [-0.39, 0.29) is 10.5 Å². The number of carboxylic acids is 1. The summed E-state index contributed by atoms with van der Waals surface area (Å²) in [5, 5.41) is 10.6. The fourth-order valence-corrected chi connectivity index (χ4v) is 3.28. The van der Waals surface area contributed by atoms with E-state index in [1.165, 1.54) is 0 Å². The van der Waals surface area contributed by atoms with Gasteiger partial charge in [-0.2, -0.15) is 0 Å². The summed E-state index contributed by atoms with van der Waals surface area (Å²) in [4.78, 5) is 48.0. The Hall–Kier alpha value is -2.35. The molecular formula is C15H16N2O5S. The van der Waals surface area contributed by atoms with E-state index in [0.717, 1.165) is 4.90 Å². The molecule has 23 heavy (non-hydrogen) atoms. The van der Waals surface area contributed by atoms with Gasteiger partial charge in [0.2, 0.25) is 0 Å². The fourth-order valence-electron chi connectivity index (χ4n) is 2.50. The number of aliphatic carboxylic acids is 1. The van der Waals surface area contributed by atoms with Crippen LogP contribution in [0.2, 0.25) is 0 Å². The van der Waals surface area contributed by atoms with Crippen molar-refractivity contribution in [3.8, 4) is 0 Å². The molecule has 0 atom stereocenters. The third kappa shape index (κ3) is 3.37. The molecular weight excluding hydrogens is 320 g/mol. The predicted molar refractivity (Wildman–Crippen MR) is 84.3 cm³/mol. The van der Waals surface area contributed by atoms with Crippen LogP contribution in [0.3, 0.4) is 0 Å². The van der Waals surface area contributed by atoms with E-state index in [1.54, 1.807) is 6.92 Å². The van der Waals surface area contributed by atoms with E-state index in [2.05, 4.69) is 5.32 Å². The summed E-state index contributed by atoms with van der Waals surface area (Å²) < 4.78 is 0. The quantitative estimate of drug-likeness (QED) is 0.586. The number of hydrogen-bond acceptors (Lipinski definition) is 5. The second kappa shape index (κ2) is 6.82. The van der Waals surface area contributed by atoms with E-state index in [9.17, 15) is 19.2 Å². The molecule has 0 spiro atoms. The highest BCUT2D eigenvalue weighted by Crippen LogP contribution is 2.39. The van der Waals surface area contributed by atoms with Gasteiger partial charge in [0.25, 0.3) is 17.1 Å². The molecule has 0 saturated carbocycles. The molecule has 2 aliphatic rings. The van der Waals surface area contributed by atoms with E-state index < -0.39 is 29.6 Å². The number of allylic oxidation sites excluding steroid dienone is 3. The molecule has 0 radical (unpaired) electrons. The van der Waals surface area contributed by atoms with Crippen LogP contribution in [0, 0.1) is 0 Å². The Bertz CT molecular complexity index is 690. The Morgan fingerprint density at radius 3 is 2.57 bits per heavy atom. The van der Waals surface area contributed by atoms with Gasteiger partial charge in [-0.05, 0) is 44.0 Å². The van der Waals surface area contributed by atoms with Gasteiger partial charge >= 0.3 is 5.97 Å². The maximum Gasteiger partial charge on any atom is 0.323 e. The average molecular weight is 336 g/mol. The first-order valence-electron chi connectivity index (χ1n) is 6.99. The number of rotatable bonds is 5. The molecule has 0 unspecified atom stereocenters. The molecule has 1 saturated heterocycles. The third-order valence-electron chi connectivity index (χ3n) is 3.54. The van der Waals surface area contributed by atoms with Crippen molar-refractivity contribution in [3.63, 3.8) is 0 Å². The third-order valence-corrected chi connectivity index (χ3v) is 4.42. The molecule has 3 amide bonds. The molecule has 0 aliphatic carbocycles. The SMILES string of the molecule is C/C=C\CCC1=C(C)N(CC(=O)O)C(=O)/C1=C1\SC(=O)NC1=O. The van der Waals surface area contributed by atoms with E-state index in [1.807, 2.05) is 19.1 Å².